The van der Waals surface area contributed by atoms with E-state index < -0.39 is 12.1 Å². The minimum atomic E-state index is -0.945. The van der Waals surface area contributed by atoms with Crippen LogP contribution in [0.2, 0.25) is 0 Å². The van der Waals surface area contributed by atoms with Gasteiger partial charge in [-0.25, -0.2) is 9.18 Å². The smallest absolute Gasteiger partial charge is 0.335 e. The first-order valence-electron chi connectivity index (χ1n) is 13.0. The second-order valence-electron chi connectivity index (χ2n) is 10.3. The summed E-state index contributed by atoms with van der Waals surface area (Å²) in [6, 6.07) is 18.6. The number of carboxylic acids is 1. The third-order valence-electron chi connectivity index (χ3n) is 7.33. The number of ether oxygens (including phenoxy) is 1. The van der Waals surface area contributed by atoms with Crippen LogP contribution in [0.3, 0.4) is 0 Å². The summed E-state index contributed by atoms with van der Waals surface area (Å²) in [7, 11) is 0. The molecular weight excluding hydrogens is 505 g/mol. The summed E-state index contributed by atoms with van der Waals surface area (Å²) in [4.78, 5) is 13.6. The van der Waals surface area contributed by atoms with Gasteiger partial charge in [0.1, 0.15) is 5.82 Å². The molecule has 1 heterocycles. The van der Waals surface area contributed by atoms with Crippen molar-refractivity contribution >= 4 is 17.6 Å². The van der Waals surface area contributed by atoms with Crippen LogP contribution in [-0.4, -0.2) is 58.3 Å². The third kappa shape index (κ3) is 6.80. The molecule has 1 saturated heterocycles. The van der Waals surface area contributed by atoms with Crippen LogP contribution in [0.5, 0.6) is 0 Å². The number of carbonyl (C=O) groups is 1. The van der Waals surface area contributed by atoms with Crippen LogP contribution in [0.4, 0.5) is 4.39 Å². The van der Waals surface area contributed by atoms with E-state index in [0.29, 0.717) is 30.6 Å². The molecule has 0 saturated carbocycles. The first kappa shape index (κ1) is 28.2. The quantitative estimate of drug-likeness (QED) is 0.301. The lowest BCUT2D eigenvalue weighted by atomic mass is 9.94. The lowest BCUT2D eigenvalue weighted by molar-refractivity contribution is -0.0169. The largest absolute Gasteiger partial charge is 0.478 e. The molecule has 4 atom stereocenters. The van der Waals surface area contributed by atoms with Crippen LogP contribution in [0.25, 0.3) is 11.1 Å². The number of nitrogens with zero attached hydrogens (tertiary/aromatic N) is 1. The number of aromatic carboxylic acids is 1. The second kappa shape index (κ2) is 12.4. The Labute approximate surface area is 228 Å². The molecule has 0 bridgehead atoms. The zero-order valence-electron chi connectivity index (χ0n) is 22.0. The number of alkyl halides is 1. The van der Waals surface area contributed by atoms with Crippen LogP contribution in [-0.2, 0) is 11.2 Å². The molecule has 0 aliphatic carbocycles. The summed E-state index contributed by atoms with van der Waals surface area (Å²) < 4.78 is 20.1. The van der Waals surface area contributed by atoms with E-state index in [0.717, 1.165) is 28.7 Å². The van der Waals surface area contributed by atoms with Gasteiger partial charge >= 0.3 is 5.97 Å². The molecule has 2 N–H and O–H groups in total. The fourth-order valence-electron chi connectivity index (χ4n) is 5.25. The van der Waals surface area contributed by atoms with Gasteiger partial charge in [0.25, 0.3) is 0 Å². The number of aryl methyl sites for hydroxylation is 2. The Morgan fingerprint density at radius 3 is 2.61 bits per heavy atom. The van der Waals surface area contributed by atoms with Crippen LogP contribution in [0.15, 0.2) is 60.7 Å². The van der Waals surface area contributed by atoms with E-state index in [2.05, 4.69) is 4.90 Å². The predicted molar refractivity (Wildman–Crippen MR) is 148 cm³/mol. The van der Waals surface area contributed by atoms with E-state index in [1.807, 2.05) is 49.4 Å². The van der Waals surface area contributed by atoms with E-state index >= 15 is 0 Å². The van der Waals surface area contributed by atoms with Crippen molar-refractivity contribution < 1.29 is 24.1 Å². The Morgan fingerprint density at radius 1 is 1.13 bits per heavy atom. The average molecular weight is 540 g/mol. The first-order valence-corrected chi connectivity index (χ1v) is 13.4. The monoisotopic (exact) mass is 539 g/mol. The number of hydrogen-bond donors (Lipinski definition) is 2. The van der Waals surface area contributed by atoms with Crippen LogP contribution in [0.1, 0.15) is 52.1 Å². The molecule has 0 spiro atoms. The highest BCUT2D eigenvalue weighted by molar-refractivity contribution is 6.21. The van der Waals surface area contributed by atoms with Crippen molar-refractivity contribution in [3.8, 4) is 11.1 Å². The van der Waals surface area contributed by atoms with Gasteiger partial charge in [-0.05, 0) is 79.1 Å². The molecule has 0 unspecified atom stereocenters. The van der Waals surface area contributed by atoms with E-state index in [9.17, 15) is 19.4 Å². The Morgan fingerprint density at radius 2 is 1.89 bits per heavy atom. The van der Waals surface area contributed by atoms with Gasteiger partial charge in [0.05, 0.1) is 24.4 Å². The predicted octanol–water partition coefficient (Wildman–Crippen LogP) is 6.17. The van der Waals surface area contributed by atoms with Crippen molar-refractivity contribution in [2.75, 3.05) is 19.7 Å². The highest BCUT2D eigenvalue weighted by Gasteiger charge is 2.32. The third-order valence-corrected chi connectivity index (χ3v) is 7.65. The lowest BCUT2D eigenvalue weighted by Crippen LogP contribution is -2.39. The van der Waals surface area contributed by atoms with Crippen LogP contribution < -0.4 is 0 Å². The molecule has 5 nitrogen and oxygen atoms in total. The number of carboxylic acid groups (broad SMARTS) is 1. The van der Waals surface area contributed by atoms with Gasteiger partial charge in [-0.3, -0.25) is 4.90 Å². The molecule has 1 aliphatic rings. The molecule has 7 heteroatoms. The Bertz CT molecular complexity index is 1280. The van der Waals surface area contributed by atoms with Gasteiger partial charge in [0, 0.05) is 24.5 Å². The Hall–Kier alpha value is -2.77. The summed E-state index contributed by atoms with van der Waals surface area (Å²) in [6.45, 7) is 6.74. The number of rotatable bonds is 10. The van der Waals surface area contributed by atoms with Gasteiger partial charge in [0.15, 0.2) is 0 Å². The fourth-order valence-corrected chi connectivity index (χ4v) is 5.63. The molecule has 3 aromatic rings. The highest BCUT2D eigenvalue weighted by Crippen LogP contribution is 2.32. The molecule has 4 rings (SSSR count). The molecule has 0 amide bonds. The lowest BCUT2D eigenvalue weighted by Gasteiger charge is -2.27. The average Bonchev–Trinajstić information content (AvgIpc) is 3.22. The number of likely N-dealkylation sites (tertiary alicyclic amines) is 1. The molecule has 1 aliphatic heterocycles. The molecule has 1 fully saturated rings. The van der Waals surface area contributed by atoms with Crippen LogP contribution in [0, 0.1) is 19.7 Å². The van der Waals surface area contributed by atoms with Crippen molar-refractivity contribution in [1.82, 2.24) is 4.90 Å². The zero-order valence-corrected chi connectivity index (χ0v) is 22.8. The minimum absolute atomic E-state index is 0.00909. The van der Waals surface area contributed by atoms with Crippen molar-refractivity contribution in [3.63, 3.8) is 0 Å². The van der Waals surface area contributed by atoms with Crippen molar-refractivity contribution in [2.45, 2.75) is 57.2 Å². The van der Waals surface area contributed by atoms with Gasteiger partial charge in [-0.2, -0.15) is 0 Å². The number of aliphatic hydroxyl groups is 1. The fraction of sp³-hybridized carbons (Fsp3) is 0.387. The van der Waals surface area contributed by atoms with Gasteiger partial charge in [-0.15, -0.1) is 11.6 Å². The standard InChI is InChI=1S/C31H35ClFNO4/c1-19-8-9-22(14-30(19)33)13-25-15-24(32)16-34(25)17-26(35)18-38-21(3)28-6-4-5-7-29(28)23-10-11-27(31(36)37)20(2)12-23/h4-12,14,21,24-26,35H,13,15-18H2,1-3H3,(H,36,37)/t21-,24+,25-,26-/m1/s1. The molecule has 202 valence electrons. The molecule has 38 heavy (non-hydrogen) atoms. The maximum Gasteiger partial charge on any atom is 0.335 e. The normalized spacial score (nSPS) is 19.4. The summed E-state index contributed by atoms with van der Waals surface area (Å²) in [5.41, 5.74) is 5.37. The second-order valence-corrected chi connectivity index (χ2v) is 10.9. The summed E-state index contributed by atoms with van der Waals surface area (Å²) in [5.74, 6) is -1.15. The van der Waals surface area contributed by atoms with Gasteiger partial charge in [-0.1, -0.05) is 48.5 Å². The maximum absolute atomic E-state index is 14.0. The Kier molecular flexibility index (Phi) is 9.21. The molecule has 0 radical (unpaired) electrons. The summed E-state index contributed by atoms with van der Waals surface area (Å²) in [6.07, 6.45) is 0.471. The van der Waals surface area contributed by atoms with Crippen molar-refractivity contribution in [2.24, 2.45) is 0 Å². The number of aliphatic hydroxyl groups excluding tert-OH is 1. The van der Waals surface area contributed by atoms with Crippen LogP contribution >= 0.6 is 11.6 Å². The van der Waals surface area contributed by atoms with E-state index in [1.165, 1.54) is 0 Å². The topological polar surface area (TPSA) is 70.0 Å². The van der Waals surface area contributed by atoms with E-state index in [-0.39, 0.29) is 35.5 Å². The molecule has 3 aromatic carbocycles. The highest BCUT2D eigenvalue weighted by atomic mass is 35.5. The first-order chi connectivity index (χ1) is 18.1. The number of benzene rings is 3. The van der Waals surface area contributed by atoms with Gasteiger partial charge in [0.2, 0.25) is 0 Å². The Balaban J connectivity index is 1.38. The number of β-amino-alcohol motifs (C(OH)–C–C–N with tert-alkyl or cyclic N) is 1. The molecule has 0 aromatic heterocycles. The summed E-state index contributed by atoms with van der Waals surface area (Å²) >= 11 is 6.47. The van der Waals surface area contributed by atoms with Crippen molar-refractivity contribution in [3.05, 3.63) is 94.3 Å². The molecular formula is C31H35ClFNO4. The maximum atomic E-state index is 14.0. The van der Waals surface area contributed by atoms with E-state index in [4.69, 9.17) is 16.3 Å². The van der Waals surface area contributed by atoms with Crippen molar-refractivity contribution in [1.29, 1.82) is 0 Å². The number of hydrogen-bond acceptors (Lipinski definition) is 4. The minimum Gasteiger partial charge on any atom is -0.478 e. The summed E-state index contributed by atoms with van der Waals surface area (Å²) in [5, 5.41) is 20.2. The zero-order chi connectivity index (χ0) is 27.4. The van der Waals surface area contributed by atoms with E-state index in [1.54, 1.807) is 32.0 Å². The SMILES string of the molecule is Cc1ccc(C[C@@H]2C[C@H](Cl)CN2C[C@@H](O)CO[C@H](C)c2ccccc2-c2ccc(C(=O)O)c(C)c2)cc1F. The number of halogens is 2. The van der Waals surface area contributed by atoms with Gasteiger partial charge < -0.3 is 14.9 Å².